The number of furan rings is 1. The Morgan fingerprint density at radius 1 is 0.348 bits per heavy atom. The van der Waals surface area contributed by atoms with Crippen molar-refractivity contribution in [1.82, 2.24) is 14.5 Å². The van der Waals surface area contributed by atoms with Crippen LogP contribution in [0.3, 0.4) is 0 Å². The summed E-state index contributed by atoms with van der Waals surface area (Å²) < 4.78 is 49.4. The molecule has 66 heavy (non-hydrogen) atoms. The number of halogens is 3. The normalized spacial score (nSPS) is 12.2. The van der Waals surface area contributed by atoms with E-state index in [0.29, 0.717) is 17.2 Å². The van der Waals surface area contributed by atoms with Gasteiger partial charge in [-0.15, -0.1) is 0 Å². The molecule has 0 amide bonds. The molecule has 13 aromatic rings. The number of nitrogens with zero attached hydrogens (tertiary/aromatic N) is 3. The minimum Gasteiger partial charge on any atom is -0.456 e. The third kappa shape index (κ3) is 6.08. The highest BCUT2D eigenvalue weighted by molar-refractivity contribution is 6.29. The van der Waals surface area contributed by atoms with E-state index >= 15 is 0 Å². The van der Waals surface area contributed by atoms with Crippen LogP contribution in [0.1, 0.15) is 5.56 Å². The van der Waals surface area contributed by atoms with Gasteiger partial charge in [-0.3, -0.25) is 4.57 Å². The minimum absolute atomic E-state index is 0.592. The summed E-state index contributed by atoms with van der Waals surface area (Å²) in [6.07, 6.45) is -4.43. The Bertz CT molecular complexity index is 4020. The molecule has 0 atom stereocenters. The van der Waals surface area contributed by atoms with Crippen molar-refractivity contribution in [2.75, 3.05) is 0 Å². The van der Waals surface area contributed by atoms with Crippen molar-refractivity contribution in [2.24, 2.45) is 0 Å². The number of para-hydroxylation sites is 1. The summed E-state index contributed by atoms with van der Waals surface area (Å²) in [6.45, 7) is 0. The van der Waals surface area contributed by atoms with Gasteiger partial charge in [0.1, 0.15) is 17.0 Å². The van der Waals surface area contributed by atoms with Crippen LogP contribution in [0.15, 0.2) is 211 Å². The fourth-order valence-corrected chi connectivity index (χ4v) is 9.85. The van der Waals surface area contributed by atoms with Crippen molar-refractivity contribution < 1.29 is 17.6 Å². The van der Waals surface area contributed by atoms with Crippen molar-refractivity contribution in [3.8, 4) is 50.7 Å². The first-order chi connectivity index (χ1) is 32.3. The smallest absolute Gasteiger partial charge is 0.416 e. The molecular formula is C59H34F3N3O. The van der Waals surface area contributed by atoms with Crippen LogP contribution in [-0.2, 0) is 6.18 Å². The lowest BCUT2D eigenvalue weighted by molar-refractivity contribution is -0.137. The highest BCUT2D eigenvalue weighted by atomic mass is 19.4. The molecule has 0 aliphatic heterocycles. The van der Waals surface area contributed by atoms with Gasteiger partial charge in [-0.25, -0.2) is 9.97 Å². The van der Waals surface area contributed by atoms with Gasteiger partial charge in [-0.1, -0.05) is 140 Å². The fourth-order valence-electron chi connectivity index (χ4n) is 9.85. The molecule has 0 aliphatic carbocycles. The molecule has 0 unspecified atom stereocenters. The molecule has 0 bridgehead atoms. The number of fused-ring (bicyclic) bond motifs is 12. The van der Waals surface area contributed by atoms with Gasteiger partial charge in [-0.05, 0) is 115 Å². The van der Waals surface area contributed by atoms with E-state index in [9.17, 15) is 13.2 Å². The molecule has 0 aliphatic rings. The summed E-state index contributed by atoms with van der Waals surface area (Å²) in [4.78, 5) is 10.4. The van der Waals surface area contributed by atoms with Crippen molar-refractivity contribution in [3.63, 3.8) is 0 Å². The topological polar surface area (TPSA) is 43.9 Å². The zero-order chi connectivity index (χ0) is 44.1. The second-order valence-corrected chi connectivity index (χ2v) is 16.8. The van der Waals surface area contributed by atoms with Gasteiger partial charge in [0.2, 0.25) is 0 Å². The summed E-state index contributed by atoms with van der Waals surface area (Å²) in [6, 6.07) is 68.1. The maximum atomic E-state index is 13.6. The predicted octanol–water partition coefficient (Wildman–Crippen LogP) is 16.6. The molecule has 0 saturated carbocycles. The van der Waals surface area contributed by atoms with Gasteiger partial charge in [0.15, 0.2) is 5.82 Å². The molecule has 13 rings (SSSR count). The summed E-state index contributed by atoms with van der Waals surface area (Å²) in [5.41, 5.74) is 9.17. The standard InChI is InChI=1S/C59H34F3N3O/c60-59(61,62)41-24-19-35(20-25-41)38-23-28-53-50(30-38)51-32-48-43-16-8-7-15-42(43)47-29-39(40-22-27-46-45-17-9-10-18-55(45)66-56(46)31-40)21-26-44(47)49(48)33-54(51)65(53)57-34-52(36-11-3-1-4-12-36)63-58(64-57)37-13-5-2-6-14-37/h1-34H. The monoisotopic (exact) mass is 857 g/mol. The first-order valence-electron chi connectivity index (χ1n) is 21.8. The number of rotatable bonds is 5. The van der Waals surface area contributed by atoms with Crippen molar-refractivity contribution >= 4 is 76.1 Å². The lowest BCUT2D eigenvalue weighted by atomic mass is 9.91. The molecule has 4 nitrogen and oxygen atoms in total. The summed E-state index contributed by atoms with van der Waals surface area (Å²) >= 11 is 0. The Kier molecular flexibility index (Phi) is 8.33. The third-order valence-corrected chi connectivity index (χ3v) is 13.0. The number of hydrogen-bond acceptors (Lipinski definition) is 3. The first kappa shape index (κ1) is 38.0. The molecule has 0 fully saturated rings. The summed E-state index contributed by atoms with van der Waals surface area (Å²) in [7, 11) is 0. The lowest BCUT2D eigenvalue weighted by Crippen LogP contribution is -2.04. The molecule has 0 spiro atoms. The molecule has 3 aromatic heterocycles. The van der Waals surface area contributed by atoms with Crippen LogP contribution < -0.4 is 0 Å². The summed E-state index contributed by atoms with van der Waals surface area (Å²) in [5, 5.41) is 10.8. The van der Waals surface area contributed by atoms with Gasteiger partial charge >= 0.3 is 6.18 Å². The van der Waals surface area contributed by atoms with Crippen LogP contribution in [0, 0.1) is 0 Å². The second kappa shape index (κ2) is 14.5. The Labute approximate surface area is 375 Å². The average Bonchev–Trinajstić information content (AvgIpc) is 3.90. The second-order valence-electron chi connectivity index (χ2n) is 16.8. The van der Waals surface area contributed by atoms with E-state index in [1.807, 2.05) is 78.9 Å². The minimum atomic E-state index is -4.43. The number of hydrogen-bond donors (Lipinski definition) is 0. The molecule has 312 valence electrons. The van der Waals surface area contributed by atoms with E-state index in [4.69, 9.17) is 14.4 Å². The maximum Gasteiger partial charge on any atom is 0.416 e. The molecule has 0 saturated heterocycles. The summed E-state index contributed by atoms with van der Waals surface area (Å²) in [5.74, 6) is 1.28. The Balaban J connectivity index is 1.09. The van der Waals surface area contributed by atoms with Crippen LogP contribution in [0.4, 0.5) is 13.2 Å². The van der Waals surface area contributed by atoms with Crippen LogP contribution >= 0.6 is 0 Å². The Morgan fingerprint density at radius 2 is 0.879 bits per heavy atom. The van der Waals surface area contributed by atoms with E-state index in [2.05, 4.69) is 108 Å². The lowest BCUT2D eigenvalue weighted by Gasteiger charge is -2.14. The Morgan fingerprint density at radius 3 is 1.62 bits per heavy atom. The highest BCUT2D eigenvalue weighted by Gasteiger charge is 2.30. The average molecular weight is 858 g/mol. The maximum absolute atomic E-state index is 13.6. The van der Waals surface area contributed by atoms with Crippen LogP contribution in [0.5, 0.6) is 0 Å². The first-order valence-corrected chi connectivity index (χ1v) is 21.8. The largest absolute Gasteiger partial charge is 0.456 e. The van der Waals surface area contributed by atoms with E-state index in [0.717, 1.165) is 122 Å². The van der Waals surface area contributed by atoms with Gasteiger partial charge in [0.25, 0.3) is 0 Å². The van der Waals surface area contributed by atoms with Crippen molar-refractivity contribution in [1.29, 1.82) is 0 Å². The molecule has 0 radical (unpaired) electrons. The van der Waals surface area contributed by atoms with E-state index < -0.39 is 11.7 Å². The quantitative estimate of drug-likeness (QED) is 0.162. The number of aromatic nitrogens is 3. The van der Waals surface area contributed by atoms with E-state index in [-0.39, 0.29) is 0 Å². The third-order valence-electron chi connectivity index (χ3n) is 13.0. The SMILES string of the molecule is FC(F)(F)c1ccc(-c2ccc3c(c2)c2cc4c5ccccc5c5cc(-c6ccc7c(c6)oc6ccccc67)ccc5c4cc2n3-c2cc(-c3ccccc3)nc(-c3ccccc3)n2)cc1. The van der Waals surface area contributed by atoms with Crippen molar-refractivity contribution in [3.05, 3.63) is 212 Å². The molecule has 0 N–H and O–H groups in total. The predicted molar refractivity (Wildman–Crippen MR) is 263 cm³/mol. The zero-order valence-corrected chi connectivity index (χ0v) is 35.0. The van der Waals surface area contributed by atoms with Gasteiger partial charge in [-0.2, -0.15) is 13.2 Å². The van der Waals surface area contributed by atoms with Gasteiger partial charge in [0.05, 0.1) is 22.3 Å². The number of alkyl halides is 3. The van der Waals surface area contributed by atoms with E-state index in [1.54, 1.807) is 12.1 Å². The number of benzene rings is 10. The van der Waals surface area contributed by atoms with Crippen LogP contribution in [-0.4, -0.2) is 14.5 Å². The van der Waals surface area contributed by atoms with Gasteiger partial charge < -0.3 is 4.42 Å². The fraction of sp³-hybridized carbons (Fsp3) is 0.0169. The zero-order valence-electron chi connectivity index (χ0n) is 35.0. The van der Waals surface area contributed by atoms with Gasteiger partial charge in [0, 0.05) is 38.7 Å². The molecule has 3 heterocycles. The van der Waals surface area contributed by atoms with Crippen LogP contribution in [0.2, 0.25) is 0 Å². The molecular weight excluding hydrogens is 824 g/mol. The highest BCUT2D eigenvalue weighted by Crippen LogP contribution is 2.44. The molecule has 7 heteroatoms. The van der Waals surface area contributed by atoms with Crippen LogP contribution in [0.25, 0.3) is 127 Å². The van der Waals surface area contributed by atoms with Crippen molar-refractivity contribution in [2.45, 2.75) is 6.18 Å². The Hall–Kier alpha value is -8.55. The van der Waals surface area contributed by atoms with E-state index in [1.165, 1.54) is 0 Å². The molecule has 10 aromatic carbocycles.